The molecule has 0 radical (unpaired) electrons. The molecule has 0 bridgehead atoms. The average molecular weight is 293 g/mol. The van der Waals surface area contributed by atoms with Crippen molar-refractivity contribution in [3.05, 3.63) is 41.3 Å². The van der Waals surface area contributed by atoms with Crippen LogP contribution in [0.25, 0.3) is 0 Å². The summed E-state index contributed by atoms with van der Waals surface area (Å²) in [6.45, 7) is 0. The third-order valence-corrected chi connectivity index (χ3v) is 2.72. The van der Waals surface area contributed by atoms with Crippen LogP contribution in [0.15, 0.2) is 35.7 Å². The molecule has 0 saturated heterocycles. The van der Waals surface area contributed by atoms with E-state index in [0.717, 1.165) is 5.56 Å². The Labute approximate surface area is 121 Å². The van der Waals surface area contributed by atoms with Gasteiger partial charge in [-0.3, -0.25) is 5.43 Å². The molecule has 0 spiro atoms. The van der Waals surface area contributed by atoms with Crippen LogP contribution in [0, 0.1) is 0 Å². The lowest BCUT2D eigenvalue weighted by Gasteiger charge is -2.07. The molecule has 0 saturated carbocycles. The quantitative estimate of drug-likeness (QED) is 0.677. The minimum Gasteiger partial charge on any atom is -0.493 e. The summed E-state index contributed by atoms with van der Waals surface area (Å²) in [6, 6.07) is 5.46. The maximum absolute atomic E-state index is 5.85. The molecular formula is C13H13ClN4O2. The monoisotopic (exact) mass is 292 g/mol. The minimum atomic E-state index is 0.261. The van der Waals surface area contributed by atoms with Crippen molar-refractivity contribution in [2.45, 2.75) is 0 Å². The zero-order valence-corrected chi connectivity index (χ0v) is 11.8. The summed E-state index contributed by atoms with van der Waals surface area (Å²) in [5.74, 6) is 1.69. The molecule has 0 aliphatic heterocycles. The standard InChI is InChI=1S/C13H13ClN4O2/c1-19-10-4-3-9(7-11(10)20-2)8-17-18-13-12(14)15-5-6-16-13/h3-8H,1-2H3,(H,16,18)/b17-8-. The number of aromatic nitrogens is 2. The van der Waals surface area contributed by atoms with Crippen LogP contribution in [0.2, 0.25) is 5.15 Å². The third kappa shape index (κ3) is 3.36. The van der Waals surface area contributed by atoms with E-state index in [-0.39, 0.29) is 5.15 Å². The molecule has 0 atom stereocenters. The van der Waals surface area contributed by atoms with Crippen LogP contribution < -0.4 is 14.9 Å². The zero-order chi connectivity index (χ0) is 14.4. The lowest BCUT2D eigenvalue weighted by atomic mass is 10.2. The average Bonchev–Trinajstić information content (AvgIpc) is 2.49. The van der Waals surface area contributed by atoms with Gasteiger partial charge in [0, 0.05) is 12.4 Å². The van der Waals surface area contributed by atoms with Crippen molar-refractivity contribution in [1.29, 1.82) is 0 Å². The van der Waals surface area contributed by atoms with E-state index >= 15 is 0 Å². The fraction of sp³-hybridized carbons (Fsp3) is 0.154. The van der Waals surface area contributed by atoms with E-state index in [2.05, 4.69) is 20.5 Å². The second-order valence-corrected chi connectivity index (χ2v) is 4.04. The number of hydrogen-bond donors (Lipinski definition) is 1. The first-order chi connectivity index (χ1) is 9.74. The summed E-state index contributed by atoms with van der Waals surface area (Å²) in [5, 5.41) is 4.31. The van der Waals surface area contributed by atoms with Gasteiger partial charge >= 0.3 is 0 Å². The first-order valence-electron chi connectivity index (χ1n) is 5.72. The molecule has 7 heteroatoms. The van der Waals surface area contributed by atoms with Gasteiger partial charge in [0.05, 0.1) is 20.4 Å². The summed E-state index contributed by atoms with van der Waals surface area (Å²) in [6.07, 6.45) is 4.65. The predicted octanol–water partition coefficient (Wildman–Crippen LogP) is 2.59. The van der Waals surface area contributed by atoms with E-state index in [1.165, 1.54) is 12.4 Å². The van der Waals surface area contributed by atoms with Crippen molar-refractivity contribution < 1.29 is 9.47 Å². The Bertz CT molecular complexity index is 619. The van der Waals surface area contributed by atoms with Gasteiger partial charge < -0.3 is 9.47 Å². The van der Waals surface area contributed by atoms with Gasteiger partial charge in [-0.15, -0.1) is 0 Å². The van der Waals surface area contributed by atoms with Crippen molar-refractivity contribution in [1.82, 2.24) is 9.97 Å². The highest BCUT2D eigenvalue weighted by Crippen LogP contribution is 2.26. The Morgan fingerprint density at radius 3 is 2.60 bits per heavy atom. The Balaban J connectivity index is 2.10. The van der Waals surface area contributed by atoms with Gasteiger partial charge in [0.15, 0.2) is 22.5 Å². The number of nitrogens with one attached hydrogen (secondary N) is 1. The topological polar surface area (TPSA) is 68.6 Å². The van der Waals surface area contributed by atoms with Crippen LogP contribution in [-0.2, 0) is 0 Å². The van der Waals surface area contributed by atoms with Crippen molar-refractivity contribution in [2.24, 2.45) is 5.10 Å². The van der Waals surface area contributed by atoms with E-state index < -0.39 is 0 Å². The fourth-order valence-electron chi connectivity index (χ4n) is 1.50. The largest absolute Gasteiger partial charge is 0.493 e. The molecule has 1 heterocycles. The normalized spacial score (nSPS) is 10.6. The number of nitrogens with zero attached hydrogens (tertiary/aromatic N) is 3. The SMILES string of the molecule is COc1ccc(/C=N\Nc2nccnc2Cl)cc1OC. The maximum Gasteiger partial charge on any atom is 0.184 e. The van der Waals surface area contributed by atoms with E-state index in [1.54, 1.807) is 26.5 Å². The van der Waals surface area contributed by atoms with Crippen LogP contribution in [0.5, 0.6) is 11.5 Å². The lowest BCUT2D eigenvalue weighted by molar-refractivity contribution is 0.355. The van der Waals surface area contributed by atoms with E-state index in [1.807, 2.05) is 12.1 Å². The molecule has 0 aliphatic rings. The van der Waals surface area contributed by atoms with Crippen molar-refractivity contribution in [2.75, 3.05) is 19.6 Å². The molecule has 1 N–H and O–H groups in total. The van der Waals surface area contributed by atoms with E-state index in [9.17, 15) is 0 Å². The number of ether oxygens (including phenoxy) is 2. The fourth-order valence-corrected chi connectivity index (χ4v) is 1.64. The number of rotatable bonds is 5. The van der Waals surface area contributed by atoms with Crippen molar-refractivity contribution >= 4 is 23.6 Å². The van der Waals surface area contributed by atoms with Gasteiger partial charge in [-0.1, -0.05) is 11.6 Å². The molecule has 2 aromatic rings. The minimum absolute atomic E-state index is 0.261. The van der Waals surface area contributed by atoms with Gasteiger partial charge in [0.2, 0.25) is 0 Å². The summed E-state index contributed by atoms with van der Waals surface area (Å²) in [7, 11) is 3.17. The molecule has 0 amide bonds. The molecule has 1 aromatic carbocycles. The Morgan fingerprint density at radius 2 is 1.90 bits per heavy atom. The first-order valence-corrected chi connectivity index (χ1v) is 6.10. The highest BCUT2D eigenvalue weighted by Gasteiger charge is 2.03. The number of anilines is 1. The summed E-state index contributed by atoms with van der Waals surface area (Å²) >= 11 is 5.85. The van der Waals surface area contributed by atoms with E-state index in [0.29, 0.717) is 17.3 Å². The number of benzene rings is 1. The first kappa shape index (κ1) is 14.1. The molecule has 0 fully saturated rings. The van der Waals surface area contributed by atoms with Crippen molar-refractivity contribution in [3.63, 3.8) is 0 Å². The summed E-state index contributed by atoms with van der Waals surface area (Å²) in [5.41, 5.74) is 3.56. The molecule has 0 aliphatic carbocycles. The van der Waals surface area contributed by atoms with Gasteiger partial charge in [-0.25, -0.2) is 9.97 Å². The Kier molecular flexibility index (Phi) is 4.73. The molecule has 0 unspecified atom stereocenters. The van der Waals surface area contributed by atoms with Crippen LogP contribution in [0.3, 0.4) is 0 Å². The summed E-state index contributed by atoms with van der Waals surface area (Å²) < 4.78 is 10.4. The van der Waals surface area contributed by atoms with Crippen LogP contribution in [0.4, 0.5) is 5.82 Å². The van der Waals surface area contributed by atoms with Crippen LogP contribution in [-0.4, -0.2) is 30.4 Å². The van der Waals surface area contributed by atoms with Gasteiger partial charge in [0.25, 0.3) is 0 Å². The maximum atomic E-state index is 5.85. The van der Waals surface area contributed by atoms with E-state index in [4.69, 9.17) is 21.1 Å². The second-order valence-electron chi connectivity index (χ2n) is 3.68. The molecule has 104 valence electrons. The highest BCUT2D eigenvalue weighted by molar-refractivity contribution is 6.31. The van der Waals surface area contributed by atoms with Gasteiger partial charge in [-0.2, -0.15) is 5.10 Å². The Morgan fingerprint density at radius 1 is 1.15 bits per heavy atom. The highest BCUT2D eigenvalue weighted by atomic mass is 35.5. The summed E-state index contributed by atoms with van der Waals surface area (Å²) in [4.78, 5) is 7.89. The Hall–Kier alpha value is -2.34. The third-order valence-electron chi connectivity index (χ3n) is 2.45. The predicted molar refractivity (Wildman–Crippen MR) is 77.8 cm³/mol. The molecular weight excluding hydrogens is 280 g/mol. The number of halogens is 1. The molecule has 6 nitrogen and oxygen atoms in total. The molecule has 20 heavy (non-hydrogen) atoms. The number of hydrazone groups is 1. The lowest BCUT2D eigenvalue weighted by Crippen LogP contribution is -1.96. The van der Waals surface area contributed by atoms with Crippen molar-refractivity contribution in [3.8, 4) is 11.5 Å². The van der Waals surface area contributed by atoms with Crippen LogP contribution in [0.1, 0.15) is 5.56 Å². The smallest absolute Gasteiger partial charge is 0.184 e. The number of hydrogen-bond acceptors (Lipinski definition) is 6. The van der Waals surface area contributed by atoms with Crippen LogP contribution >= 0.6 is 11.6 Å². The molecule has 1 aromatic heterocycles. The van der Waals surface area contributed by atoms with Gasteiger partial charge in [0.1, 0.15) is 0 Å². The second kappa shape index (κ2) is 6.72. The molecule has 2 rings (SSSR count). The van der Waals surface area contributed by atoms with Gasteiger partial charge in [-0.05, 0) is 23.8 Å². The zero-order valence-electron chi connectivity index (χ0n) is 11.0. The number of methoxy groups -OCH3 is 2.